The zero-order valence-corrected chi connectivity index (χ0v) is 16.5. The van der Waals surface area contributed by atoms with Gasteiger partial charge in [-0.2, -0.15) is 5.10 Å². The number of aromatic nitrogens is 3. The van der Waals surface area contributed by atoms with Crippen LogP contribution in [0.1, 0.15) is 31.5 Å². The third kappa shape index (κ3) is 4.44. The Morgan fingerprint density at radius 3 is 2.68 bits per heavy atom. The highest BCUT2D eigenvalue weighted by Crippen LogP contribution is 2.18. The summed E-state index contributed by atoms with van der Waals surface area (Å²) in [5.41, 5.74) is 1.48. The highest BCUT2D eigenvalue weighted by molar-refractivity contribution is 7.12. The smallest absolute Gasteiger partial charge is 0.359 e. The molecular formula is C18H15ClN4O4S. The maximum Gasteiger partial charge on any atom is 0.359 e. The molecule has 144 valence electrons. The van der Waals surface area contributed by atoms with E-state index in [-0.39, 0.29) is 10.7 Å². The number of esters is 1. The predicted molar refractivity (Wildman–Crippen MR) is 103 cm³/mol. The topological polar surface area (TPSA) is 103 Å². The molecule has 10 heteroatoms. The Hall–Kier alpha value is -3.04. The van der Waals surface area contributed by atoms with E-state index in [0.29, 0.717) is 10.7 Å². The van der Waals surface area contributed by atoms with Crippen LogP contribution >= 0.6 is 22.9 Å². The number of aryl methyl sites for hydroxylation is 2. The molecule has 0 aliphatic rings. The summed E-state index contributed by atoms with van der Waals surface area (Å²) in [6, 6.07) is 8.24. The Morgan fingerprint density at radius 2 is 2.04 bits per heavy atom. The zero-order valence-electron chi connectivity index (χ0n) is 14.9. The third-order valence-electron chi connectivity index (χ3n) is 3.58. The van der Waals surface area contributed by atoms with Crippen molar-refractivity contribution in [1.82, 2.24) is 20.1 Å². The predicted octanol–water partition coefficient (Wildman–Crippen LogP) is 2.71. The van der Waals surface area contributed by atoms with Gasteiger partial charge in [-0.15, -0.1) is 11.3 Å². The molecule has 0 aromatic carbocycles. The minimum atomic E-state index is -0.882. The largest absolute Gasteiger partial charge is 0.451 e. The Bertz CT molecular complexity index is 1050. The highest BCUT2D eigenvalue weighted by Gasteiger charge is 2.19. The van der Waals surface area contributed by atoms with Crippen molar-refractivity contribution in [3.63, 3.8) is 0 Å². The van der Waals surface area contributed by atoms with Crippen molar-refractivity contribution in [2.45, 2.75) is 13.8 Å². The number of halogens is 1. The van der Waals surface area contributed by atoms with E-state index in [1.807, 2.05) is 19.9 Å². The first kappa shape index (κ1) is 19.7. The van der Waals surface area contributed by atoms with Gasteiger partial charge < -0.3 is 4.74 Å². The van der Waals surface area contributed by atoms with Crippen LogP contribution in [0.4, 0.5) is 0 Å². The van der Waals surface area contributed by atoms with Crippen LogP contribution in [0.15, 0.2) is 35.7 Å². The van der Waals surface area contributed by atoms with Gasteiger partial charge in [0.25, 0.3) is 11.8 Å². The summed E-state index contributed by atoms with van der Waals surface area (Å²) in [5, 5.41) is 8.22. The van der Waals surface area contributed by atoms with E-state index in [1.165, 1.54) is 17.4 Å². The molecular weight excluding hydrogens is 404 g/mol. The van der Waals surface area contributed by atoms with Gasteiger partial charge in [-0.1, -0.05) is 17.7 Å². The normalized spacial score (nSPS) is 10.5. The molecule has 0 radical (unpaired) electrons. The number of pyridine rings is 1. The molecule has 0 spiro atoms. The van der Waals surface area contributed by atoms with Gasteiger partial charge in [0.2, 0.25) is 0 Å². The fourth-order valence-corrected chi connectivity index (χ4v) is 3.19. The van der Waals surface area contributed by atoms with Crippen molar-refractivity contribution in [1.29, 1.82) is 0 Å². The summed E-state index contributed by atoms with van der Waals surface area (Å²) in [5.74, 6) is -1.80. The number of amides is 2. The van der Waals surface area contributed by atoms with Gasteiger partial charge in [-0.25, -0.2) is 14.5 Å². The van der Waals surface area contributed by atoms with E-state index >= 15 is 0 Å². The molecule has 0 fully saturated rings. The molecule has 0 aliphatic heterocycles. The molecule has 8 nitrogen and oxygen atoms in total. The van der Waals surface area contributed by atoms with Crippen LogP contribution in [0.5, 0.6) is 0 Å². The second kappa shape index (κ2) is 8.32. The van der Waals surface area contributed by atoms with Crippen molar-refractivity contribution in [3.05, 3.63) is 62.7 Å². The van der Waals surface area contributed by atoms with Gasteiger partial charge in [0.05, 0.1) is 15.6 Å². The minimum Gasteiger partial charge on any atom is -0.451 e. The number of thiophene rings is 1. The number of rotatable bonds is 5. The van der Waals surface area contributed by atoms with Gasteiger partial charge in [-0.3, -0.25) is 14.9 Å². The van der Waals surface area contributed by atoms with Crippen molar-refractivity contribution >= 4 is 40.7 Å². The fourth-order valence-electron chi connectivity index (χ4n) is 2.39. The lowest BCUT2D eigenvalue weighted by Gasteiger charge is -2.08. The number of carbonyl (C=O) groups excluding carboxylic acids is 3. The van der Waals surface area contributed by atoms with E-state index in [0.717, 1.165) is 11.4 Å². The van der Waals surface area contributed by atoms with E-state index in [9.17, 15) is 14.4 Å². The molecule has 0 saturated heterocycles. The summed E-state index contributed by atoms with van der Waals surface area (Å²) in [6.07, 6.45) is 0. The van der Waals surface area contributed by atoms with Crippen LogP contribution in [0.3, 0.4) is 0 Å². The first-order chi connectivity index (χ1) is 13.3. The second-order valence-corrected chi connectivity index (χ2v) is 7.12. The fraction of sp³-hybridized carbons (Fsp3) is 0.167. The van der Waals surface area contributed by atoms with Crippen LogP contribution in [-0.4, -0.2) is 39.2 Å². The summed E-state index contributed by atoms with van der Waals surface area (Å²) in [7, 11) is 0. The molecule has 0 saturated carbocycles. The maximum atomic E-state index is 12.3. The van der Waals surface area contributed by atoms with Crippen molar-refractivity contribution < 1.29 is 19.1 Å². The quantitative estimate of drug-likeness (QED) is 0.639. The number of carbonyl (C=O) groups is 3. The highest BCUT2D eigenvalue weighted by atomic mass is 35.5. The van der Waals surface area contributed by atoms with E-state index < -0.39 is 24.4 Å². The molecule has 3 aromatic heterocycles. The van der Waals surface area contributed by atoms with Gasteiger partial charge >= 0.3 is 5.97 Å². The standard InChI is InChI=1S/C18H15ClN4O4S/c1-10-8-11(2)23(22-10)14-6-5-12(19)16(20-14)18(26)27-9-15(24)21-17(25)13-4-3-7-28-13/h3-8H,9H2,1-2H3,(H,21,24,25). The van der Waals surface area contributed by atoms with Gasteiger partial charge in [-0.05, 0) is 43.5 Å². The molecule has 28 heavy (non-hydrogen) atoms. The number of nitrogens with zero attached hydrogens (tertiary/aromatic N) is 3. The summed E-state index contributed by atoms with van der Waals surface area (Å²) >= 11 is 7.24. The molecule has 1 N–H and O–H groups in total. The molecule has 3 rings (SSSR count). The van der Waals surface area contributed by atoms with E-state index in [1.54, 1.807) is 28.3 Å². The molecule has 0 bridgehead atoms. The van der Waals surface area contributed by atoms with Crippen LogP contribution < -0.4 is 5.32 Å². The summed E-state index contributed by atoms with van der Waals surface area (Å²) < 4.78 is 6.50. The first-order valence-electron chi connectivity index (χ1n) is 8.10. The Morgan fingerprint density at radius 1 is 1.25 bits per heavy atom. The van der Waals surface area contributed by atoms with E-state index in [2.05, 4.69) is 15.4 Å². The Balaban J connectivity index is 1.67. The lowest BCUT2D eigenvalue weighted by Crippen LogP contribution is -2.33. The van der Waals surface area contributed by atoms with Crippen LogP contribution in [-0.2, 0) is 9.53 Å². The van der Waals surface area contributed by atoms with Crippen molar-refractivity contribution in [3.8, 4) is 5.82 Å². The average molecular weight is 419 g/mol. The number of hydrogen-bond acceptors (Lipinski definition) is 7. The van der Waals surface area contributed by atoms with E-state index in [4.69, 9.17) is 16.3 Å². The first-order valence-corrected chi connectivity index (χ1v) is 9.36. The monoisotopic (exact) mass is 418 g/mol. The SMILES string of the molecule is Cc1cc(C)n(-c2ccc(Cl)c(C(=O)OCC(=O)NC(=O)c3cccs3)n2)n1. The summed E-state index contributed by atoms with van der Waals surface area (Å²) in [6.45, 7) is 3.05. The Kier molecular flexibility index (Phi) is 5.86. The summed E-state index contributed by atoms with van der Waals surface area (Å²) in [4.78, 5) is 40.5. The number of nitrogens with one attached hydrogen (secondary N) is 1. The van der Waals surface area contributed by atoms with Crippen LogP contribution in [0.2, 0.25) is 5.02 Å². The number of imide groups is 1. The molecule has 2 amide bonds. The van der Waals surface area contributed by atoms with Crippen molar-refractivity contribution in [2.24, 2.45) is 0 Å². The second-order valence-electron chi connectivity index (χ2n) is 5.77. The Labute approximate surface area is 169 Å². The van der Waals surface area contributed by atoms with Crippen molar-refractivity contribution in [2.75, 3.05) is 6.61 Å². The molecule has 0 aliphatic carbocycles. The zero-order chi connectivity index (χ0) is 20.3. The minimum absolute atomic E-state index is 0.0744. The lowest BCUT2D eigenvalue weighted by molar-refractivity contribution is -0.123. The molecule has 3 aromatic rings. The molecule has 0 atom stereocenters. The maximum absolute atomic E-state index is 12.3. The van der Waals surface area contributed by atoms with Crippen LogP contribution in [0.25, 0.3) is 5.82 Å². The van der Waals surface area contributed by atoms with Crippen LogP contribution in [0, 0.1) is 13.8 Å². The molecule has 0 unspecified atom stereocenters. The molecule has 3 heterocycles. The van der Waals surface area contributed by atoms with Gasteiger partial charge in [0.15, 0.2) is 18.1 Å². The number of hydrogen-bond donors (Lipinski definition) is 1. The number of ether oxygens (including phenoxy) is 1. The third-order valence-corrected chi connectivity index (χ3v) is 4.76. The van der Waals surface area contributed by atoms with Gasteiger partial charge in [0.1, 0.15) is 0 Å². The average Bonchev–Trinajstić information content (AvgIpc) is 3.30. The lowest BCUT2D eigenvalue weighted by atomic mass is 10.3. The van der Waals surface area contributed by atoms with Gasteiger partial charge in [0, 0.05) is 5.69 Å².